The fraction of sp³-hybridized carbons (Fsp3) is 0.364. The summed E-state index contributed by atoms with van der Waals surface area (Å²) < 4.78 is 10.3. The van der Waals surface area contributed by atoms with E-state index < -0.39 is 12.0 Å². The van der Waals surface area contributed by atoms with E-state index in [0.29, 0.717) is 17.1 Å². The van der Waals surface area contributed by atoms with Gasteiger partial charge in [0, 0.05) is 11.1 Å². The van der Waals surface area contributed by atoms with Crippen molar-refractivity contribution >= 4 is 5.97 Å². The highest BCUT2D eigenvalue weighted by Gasteiger charge is 2.21. The van der Waals surface area contributed by atoms with E-state index in [9.17, 15) is 4.79 Å². The lowest BCUT2D eigenvalue weighted by molar-refractivity contribution is -0.138. The lowest BCUT2D eigenvalue weighted by Crippen LogP contribution is -2.21. The Morgan fingerprint density at radius 3 is 2.44 bits per heavy atom. The predicted molar refractivity (Wildman–Crippen MR) is 58.8 cm³/mol. The van der Waals surface area contributed by atoms with Crippen LogP contribution in [0.25, 0.3) is 0 Å². The van der Waals surface area contributed by atoms with Crippen LogP contribution in [-0.2, 0) is 4.79 Å². The van der Waals surface area contributed by atoms with Crippen molar-refractivity contribution in [2.24, 2.45) is 5.73 Å². The number of benzene rings is 1. The minimum absolute atomic E-state index is 0.438. The van der Waals surface area contributed by atoms with Crippen LogP contribution in [0, 0.1) is 6.92 Å². The van der Waals surface area contributed by atoms with Crippen molar-refractivity contribution < 1.29 is 19.4 Å². The Morgan fingerprint density at radius 2 is 2.00 bits per heavy atom. The van der Waals surface area contributed by atoms with E-state index in [2.05, 4.69) is 0 Å². The molecule has 1 atom stereocenters. The highest BCUT2D eigenvalue weighted by molar-refractivity contribution is 5.77. The molecular formula is C11H15NO4. The summed E-state index contributed by atoms with van der Waals surface area (Å²) in [7, 11) is 3.01. The number of aliphatic carboxylic acids is 1. The molecule has 0 aromatic heterocycles. The molecule has 0 amide bonds. The first-order valence-electron chi connectivity index (χ1n) is 4.72. The first-order valence-corrected chi connectivity index (χ1v) is 4.72. The van der Waals surface area contributed by atoms with Gasteiger partial charge in [-0.1, -0.05) is 0 Å². The Hall–Kier alpha value is -1.75. The molecule has 3 N–H and O–H groups in total. The maximum absolute atomic E-state index is 10.8. The van der Waals surface area contributed by atoms with Crippen LogP contribution in [0.15, 0.2) is 12.1 Å². The molecule has 5 nitrogen and oxygen atoms in total. The van der Waals surface area contributed by atoms with Gasteiger partial charge in [-0.3, -0.25) is 4.79 Å². The van der Waals surface area contributed by atoms with Gasteiger partial charge >= 0.3 is 5.97 Å². The highest BCUT2D eigenvalue weighted by atomic mass is 16.5. The van der Waals surface area contributed by atoms with Gasteiger partial charge in [-0.25, -0.2) is 0 Å². The monoisotopic (exact) mass is 225 g/mol. The number of carboxylic acid groups (broad SMARTS) is 1. The maximum atomic E-state index is 10.8. The molecule has 16 heavy (non-hydrogen) atoms. The van der Waals surface area contributed by atoms with E-state index in [1.807, 2.05) is 0 Å². The minimum Gasteiger partial charge on any atom is -0.496 e. The lowest BCUT2D eigenvalue weighted by atomic mass is 10.0. The van der Waals surface area contributed by atoms with E-state index in [1.165, 1.54) is 7.11 Å². The summed E-state index contributed by atoms with van der Waals surface area (Å²) >= 11 is 0. The third-order valence-corrected chi connectivity index (χ3v) is 2.41. The van der Waals surface area contributed by atoms with Crippen LogP contribution in [0.3, 0.4) is 0 Å². The van der Waals surface area contributed by atoms with Gasteiger partial charge in [0.15, 0.2) is 0 Å². The highest BCUT2D eigenvalue weighted by Crippen LogP contribution is 2.33. The number of rotatable bonds is 4. The van der Waals surface area contributed by atoms with Gasteiger partial charge in [-0.2, -0.15) is 0 Å². The first-order chi connectivity index (χ1) is 7.52. The van der Waals surface area contributed by atoms with E-state index in [-0.39, 0.29) is 0 Å². The van der Waals surface area contributed by atoms with Crippen molar-refractivity contribution in [3.63, 3.8) is 0 Å². The van der Waals surface area contributed by atoms with Gasteiger partial charge in [0.1, 0.15) is 17.5 Å². The molecule has 88 valence electrons. The quantitative estimate of drug-likeness (QED) is 0.801. The summed E-state index contributed by atoms with van der Waals surface area (Å²) in [5, 5.41) is 8.86. The number of carboxylic acids is 1. The molecule has 1 rings (SSSR count). The molecule has 0 aliphatic rings. The van der Waals surface area contributed by atoms with Crippen LogP contribution < -0.4 is 15.2 Å². The second-order valence-corrected chi connectivity index (χ2v) is 3.33. The molecular weight excluding hydrogens is 210 g/mol. The van der Waals surface area contributed by atoms with Gasteiger partial charge in [0.2, 0.25) is 0 Å². The van der Waals surface area contributed by atoms with E-state index >= 15 is 0 Å². The largest absolute Gasteiger partial charge is 0.496 e. The second-order valence-electron chi connectivity index (χ2n) is 3.33. The SMILES string of the molecule is COc1ccc([C@H](N)C(=O)O)c(OC)c1C. The molecule has 0 fully saturated rings. The molecule has 0 heterocycles. The third kappa shape index (κ3) is 2.09. The first kappa shape index (κ1) is 12.3. The summed E-state index contributed by atoms with van der Waals surface area (Å²) in [6.07, 6.45) is 0. The molecule has 0 spiro atoms. The molecule has 1 aromatic rings. The minimum atomic E-state index is -1.10. The average Bonchev–Trinajstić information content (AvgIpc) is 2.27. The van der Waals surface area contributed by atoms with Crippen LogP contribution in [0.2, 0.25) is 0 Å². The smallest absolute Gasteiger partial charge is 0.325 e. The van der Waals surface area contributed by atoms with Crippen molar-refractivity contribution in [2.75, 3.05) is 14.2 Å². The number of hydrogen-bond acceptors (Lipinski definition) is 4. The van der Waals surface area contributed by atoms with Gasteiger partial charge in [0.05, 0.1) is 14.2 Å². The summed E-state index contributed by atoms with van der Waals surface area (Å²) in [5.74, 6) is -0.00435. The fourth-order valence-electron chi connectivity index (χ4n) is 1.56. The molecule has 0 saturated carbocycles. The summed E-state index contributed by atoms with van der Waals surface area (Å²) in [5.41, 5.74) is 6.73. The molecule has 0 unspecified atom stereocenters. The topological polar surface area (TPSA) is 81.8 Å². The lowest BCUT2D eigenvalue weighted by Gasteiger charge is -2.16. The Morgan fingerprint density at radius 1 is 1.38 bits per heavy atom. The molecule has 0 aliphatic heterocycles. The standard InChI is InChI=1S/C11H15NO4/c1-6-8(15-2)5-4-7(10(6)16-3)9(12)11(13)14/h4-5,9H,12H2,1-3H3,(H,13,14)/t9-/m0/s1. The Labute approximate surface area is 93.8 Å². The Balaban J connectivity index is 3.31. The van der Waals surface area contributed by atoms with Gasteiger partial charge < -0.3 is 20.3 Å². The van der Waals surface area contributed by atoms with Crippen molar-refractivity contribution in [2.45, 2.75) is 13.0 Å². The van der Waals surface area contributed by atoms with Crippen molar-refractivity contribution in [1.82, 2.24) is 0 Å². The Bertz CT molecular complexity index is 403. The molecule has 1 aromatic carbocycles. The number of methoxy groups -OCH3 is 2. The van der Waals surface area contributed by atoms with Crippen LogP contribution in [0.5, 0.6) is 11.5 Å². The van der Waals surface area contributed by atoms with E-state index in [1.54, 1.807) is 26.2 Å². The normalized spacial score (nSPS) is 12.0. The zero-order valence-corrected chi connectivity index (χ0v) is 9.48. The molecule has 0 bridgehead atoms. The van der Waals surface area contributed by atoms with Crippen LogP contribution in [0.1, 0.15) is 17.2 Å². The predicted octanol–water partition coefficient (Wildman–Crippen LogP) is 1.10. The van der Waals surface area contributed by atoms with Crippen LogP contribution in [-0.4, -0.2) is 25.3 Å². The number of hydrogen-bond donors (Lipinski definition) is 2. The number of ether oxygens (including phenoxy) is 2. The van der Waals surface area contributed by atoms with Crippen LogP contribution in [0.4, 0.5) is 0 Å². The van der Waals surface area contributed by atoms with E-state index in [4.69, 9.17) is 20.3 Å². The van der Waals surface area contributed by atoms with Gasteiger partial charge in [-0.05, 0) is 19.1 Å². The molecule has 0 saturated heterocycles. The zero-order chi connectivity index (χ0) is 12.3. The van der Waals surface area contributed by atoms with Crippen molar-refractivity contribution in [3.05, 3.63) is 23.3 Å². The van der Waals surface area contributed by atoms with Gasteiger partial charge in [-0.15, -0.1) is 0 Å². The van der Waals surface area contributed by atoms with Crippen molar-refractivity contribution in [3.8, 4) is 11.5 Å². The number of carbonyl (C=O) groups is 1. The summed E-state index contributed by atoms with van der Waals surface area (Å²) in [6.45, 7) is 1.79. The van der Waals surface area contributed by atoms with Crippen molar-refractivity contribution in [1.29, 1.82) is 0 Å². The molecule has 0 aliphatic carbocycles. The van der Waals surface area contributed by atoms with Crippen LogP contribution >= 0.6 is 0 Å². The zero-order valence-electron chi connectivity index (χ0n) is 9.48. The van der Waals surface area contributed by atoms with Gasteiger partial charge in [0.25, 0.3) is 0 Å². The Kier molecular flexibility index (Phi) is 3.73. The summed E-state index contributed by atoms with van der Waals surface area (Å²) in [6, 6.07) is 2.18. The fourth-order valence-corrected chi connectivity index (χ4v) is 1.56. The third-order valence-electron chi connectivity index (χ3n) is 2.41. The average molecular weight is 225 g/mol. The molecule has 5 heteroatoms. The van der Waals surface area contributed by atoms with E-state index in [0.717, 1.165) is 5.56 Å². The number of nitrogens with two attached hydrogens (primary N) is 1. The maximum Gasteiger partial charge on any atom is 0.325 e. The second kappa shape index (κ2) is 4.85. The summed E-state index contributed by atoms with van der Waals surface area (Å²) in [4.78, 5) is 10.8. The molecule has 0 radical (unpaired) electrons.